The quantitative estimate of drug-likeness (QED) is 0.850. The van der Waals surface area contributed by atoms with E-state index >= 15 is 0 Å². The highest BCUT2D eigenvalue weighted by Crippen LogP contribution is 2.39. The maximum absolute atomic E-state index is 11.1. The van der Waals surface area contributed by atoms with E-state index in [4.69, 9.17) is 11.6 Å². The monoisotopic (exact) mass is 244 g/mol. The Kier molecular flexibility index (Phi) is 3.29. The first kappa shape index (κ1) is 10.9. The van der Waals surface area contributed by atoms with E-state index in [0.29, 0.717) is 12.6 Å². The summed E-state index contributed by atoms with van der Waals surface area (Å²) in [5, 5.41) is 5.83. The third-order valence-corrected chi connectivity index (χ3v) is 3.97. The van der Waals surface area contributed by atoms with Crippen molar-refractivity contribution in [3.05, 3.63) is 20.8 Å². The maximum Gasteiger partial charge on any atom is 0.233 e. The Hall–Kier alpha value is -0.580. The molecule has 1 atom stereocenters. The van der Waals surface area contributed by atoms with Crippen molar-refractivity contribution in [1.82, 2.24) is 10.6 Å². The first-order chi connectivity index (χ1) is 7.20. The summed E-state index contributed by atoms with van der Waals surface area (Å²) in [4.78, 5) is 12.4. The summed E-state index contributed by atoms with van der Waals surface area (Å²) in [5.74, 6) is 0.0183. The lowest BCUT2D eigenvalue weighted by molar-refractivity contribution is -0.119. The number of thiophene rings is 1. The van der Waals surface area contributed by atoms with Gasteiger partial charge in [-0.15, -0.1) is 11.3 Å². The van der Waals surface area contributed by atoms with E-state index in [-0.39, 0.29) is 5.91 Å². The lowest BCUT2D eigenvalue weighted by Gasteiger charge is -2.11. The van der Waals surface area contributed by atoms with Crippen LogP contribution in [-0.4, -0.2) is 19.5 Å². The van der Waals surface area contributed by atoms with Gasteiger partial charge in [-0.1, -0.05) is 11.6 Å². The van der Waals surface area contributed by atoms with Gasteiger partial charge in [-0.05, 0) is 24.5 Å². The zero-order valence-corrected chi connectivity index (χ0v) is 10.0. The van der Waals surface area contributed by atoms with Crippen LogP contribution in [0.3, 0.4) is 0 Å². The average Bonchev–Trinajstić information content (AvgIpc) is 2.73. The summed E-state index contributed by atoms with van der Waals surface area (Å²) in [7, 11) is 1.64. The van der Waals surface area contributed by atoms with Crippen LogP contribution >= 0.6 is 22.9 Å². The Morgan fingerprint density at radius 3 is 3.27 bits per heavy atom. The number of carbonyl (C=O) groups is 1. The molecule has 1 aliphatic carbocycles. The third kappa shape index (κ3) is 2.33. The van der Waals surface area contributed by atoms with Crippen molar-refractivity contribution in [3.8, 4) is 0 Å². The second-order valence-electron chi connectivity index (χ2n) is 3.57. The van der Waals surface area contributed by atoms with Crippen molar-refractivity contribution in [2.45, 2.75) is 18.9 Å². The SMILES string of the molecule is CNC(=O)CNC1CCc2sc(Cl)cc21. The lowest BCUT2D eigenvalue weighted by atomic mass is 10.2. The molecule has 0 saturated carbocycles. The Balaban J connectivity index is 1.98. The summed E-state index contributed by atoms with van der Waals surface area (Å²) < 4.78 is 0.839. The maximum atomic E-state index is 11.1. The zero-order valence-electron chi connectivity index (χ0n) is 8.47. The predicted octanol–water partition coefficient (Wildman–Crippen LogP) is 1.72. The van der Waals surface area contributed by atoms with E-state index in [9.17, 15) is 4.79 Å². The minimum Gasteiger partial charge on any atom is -0.358 e. The van der Waals surface area contributed by atoms with E-state index in [1.54, 1.807) is 18.4 Å². The summed E-state index contributed by atoms with van der Waals surface area (Å²) in [6.07, 6.45) is 2.13. The largest absolute Gasteiger partial charge is 0.358 e. The molecule has 0 fully saturated rings. The second kappa shape index (κ2) is 4.51. The fourth-order valence-electron chi connectivity index (χ4n) is 1.85. The Morgan fingerprint density at radius 1 is 1.73 bits per heavy atom. The molecule has 1 aromatic heterocycles. The number of hydrogen-bond donors (Lipinski definition) is 2. The van der Waals surface area contributed by atoms with Gasteiger partial charge in [0.2, 0.25) is 5.91 Å². The number of aryl methyl sites for hydroxylation is 1. The highest BCUT2D eigenvalue weighted by Gasteiger charge is 2.24. The number of rotatable bonds is 3. The second-order valence-corrected chi connectivity index (χ2v) is 5.34. The number of halogens is 1. The van der Waals surface area contributed by atoms with E-state index in [1.807, 2.05) is 6.07 Å². The average molecular weight is 245 g/mol. The molecule has 0 bridgehead atoms. The number of amides is 1. The van der Waals surface area contributed by atoms with Crippen molar-refractivity contribution >= 4 is 28.8 Å². The van der Waals surface area contributed by atoms with Crippen molar-refractivity contribution in [2.24, 2.45) is 0 Å². The van der Waals surface area contributed by atoms with Gasteiger partial charge in [0.15, 0.2) is 0 Å². The first-order valence-corrected chi connectivity index (χ1v) is 6.12. The molecule has 1 aromatic rings. The van der Waals surface area contributed by atoms with Gasteiger partial charge < -0.3 is 10.6 Å². The molecule has 1 aliphatic rings. The van der Waals surface area contributed by atoms with E-state index in [2.05, 4.69) is 10.6 Å². The molecule has 1 unspecified atom stereocenters. The zero-order chi connectivity index (χ0) is 10.8. The van der Waals surface area contributed by atoms with E-state index in [0.717, 1.165) is 17.2 Å². The molecular weight excluding hydrogens is 232 g/mol. The fourth-order valence-corrected chi connectivity index (χ4v) is 3.20. The van der Waals surface area contributed by atoms with Gasteiger partial charge in [0.25, 0.3) is 0 Å². The molecule has 0 saturated heterocycles. The summed E-state index contributed by atoms with van der Waals surface area (Å²) >= 11 is 7.59. The van der Waals surface area contributed by atoms with Crippen LogP contribution in [0, 0.1) is 0 Å². The summed E-state index contributed by atoms with van der Waals surface area (Å²) in [5.41, 5.74) is 1.27. The number of fused-ring (bicyclic) bond motifs is 1. The van der Waals surface area contributed by atoms with Crippen molar-refractivity contribution < 1.29 is 4.79 Å². The van der Waals surface area contributed by atoms with Crippen LogP contribution in [0.1, 0.15) is 22.9 Å². The minimum absolute atomic E-state index is 0.0183. The van der Waals surface area contributed by atoms with Crippen molar-refractivity contribution in [2.75, 3.05) is 13.6 Å². The minimum atomic E-state index is 0.0183. The van der Waals surface area contributed by atoms with Crippen molar-refractivity contribution in [1.29, 1.82) is 0 Å². The third-order valence-electron chi connectivity index (χ3n) is 2.64. The molecular formula is C10H13ClN2OS. The van der Waals surface area contributed by atoms with Crippen molar-refractivity contribution in [3.63, 3.8) is 0 Å². The first-order valence-electron chi connectivity index (χ1n) is 4.92. The normalized spacial score (nSPS) is 18.9. The molecule has 15 heavy (non-hydrogen) atoms. The molecule has 1 amide bonds. The van der Waals surface area contributed by atoms with Crippen LogP contribution in [0.25, 0.3) is 0 Å². The smallest absolute Gasteiger partial charge is 0.233 e. The van der Waals surface area contributed by atoms with Gasteiger partial charge in [0.05, 0.1) is 10.9 Å². The van der Waals surface area contributed by atoms with Crippen LogP contribution in [0.2, 0.25) is 4.34 Å². The molecule has 3 nitrogen and oxygen atoms in total. The highest BCUT2D eigenvalue weighted by molar-refractivity contribution is 7.16. The lowest BCUT2D eigenvalue weighted by Crippen LogP contribution is -2.33. The molecule has 2 N–H and O–H groups in total. The molecule has 5 heteroatoms. The predicted molar refractivity (Wildman–Crippen MR) is 62.5 cm³/mol. The van der Waals surface area contributed by atoms with Gasteiger partial charge in [-0.2, -0.15) is 0 Å². The van der Waals surface area contributed by atoms with Crippen LogP contribution in [0.5, 0.6) is 0 Å². The van der Waals surface area contributed by atoms with Crippen LogP contribution < -0.4 is 10.6 Å². The van der Waals surface area contributed by atoms with E-state index < -0.39 is 0 Å². The number of nitrogens with one attached hydrogen (secondary N) is 2. The van der Waals surface area contributed by atoms with Gasteiger partial charge in [-0.25, -0.2) is 0 Å². The topological polar surface area (TPSA) is 41.1 Å². The molecule has 0 aliphatic heterocycles. The summed E-state index contributed by atoms with van der Waals surface area (Å²) in [6, 6.07) is 2.30. The van der Waals surface area contributed by atoms with Gasteiger partial charge in [0.1, 0.15) is 0 Å². The molecule has 82 valence electrons. The van der Waals surface area contributed by atoms with Gasteiger partial charge >= 0.3 is 0 Å². The van der Waals surface area contributed by atoms with E-state index in [1.165, 1.54) is 10.4 Å². The van der Waals surface area contributed by atoms with Crippen LogP contribution in [0.4, 0.5) is 0 Å². The molecule has 1 heterocycles. The Bertz CT molecular complexity index is 377. The fraction of sp³-hybridized carbons (Fsp3) is 0.500. The molecule has 0 radical (unpaired) electrons. The Labute approximate surface area is 97.8 Å². The molecule has 2 rings (SSSR count). The van der Waals surface area contributed by atoms with Crippen LogP contribution in [0.15, 0.2) is 6.07 Å². The van der Waals surface area contributed by atoms with Gasteiger partial charge in [-0.3, -0.25) is 4.79 Å². The Morgan fingerprint density at radius 2 is 2.53 bits per heavy atom. The standard InChI is InChI=1S/C10H13ClN2OS/c1-12-10(14)5-13-7-2-3-8-6(7)4-9(11)15-8/h4,7,13H,2-3,5H2,1H3,(H,12,14). The summed E-state index contributed by atoms with van der Waals surface area (Å²) in [6.45, 7) is 0.369. The number of likely N-dealkylation sites (N-methyl/N-ethyl adjacent to an activating group) is 1. The molecule has 0 aromatic carbocycles. The number of hydrogen-bond acceptors (Lipinski definition) is 3. The van der Waals surface area contributed by atoms with Gasteiger partial charge in [0, 0.05) is 18.0 Å². The highest BCUT2D eigenvalue weighted by atomic mass is 35.5. The molecule has 0 spiro atoms. The number of carbonyl (C=O) groups excluding carboxylic acids is 1. The van der Waals surface area contributed by atoms with Crippen LogP contribution in [-0.2, 0) is 11.2 Å².